The maximum Gasteiger partial charge on any atom is 0.326 e. The second-order valence-electron chi connectivity index (χ2n) is 5.96. The van der Waals surface area contributed by atoms with E-state index in [0.29, 0.717) is 13.1 Å². The molecule has 1 saturated heterocycles. The average Bonchev–Trinajstić information content (AvgIpc) is 2.32. The van der Waals surface area contributed by atoms with Crippen molar-refractivity contribution in [3.8, 4) is 0 Å². The molecule has 0 radical (unpaired) electrons. The number of piperidine rings is 1. The van der Waals surface area contributed by atoms with Gasteiger partial charge in [0.1, 0.15) is 6.04 Å². The van der Waals surface area contributed by atoms with E-state index >= 15 is 0 Å². The van der Waals surface area contributed by atoms with Crippen LogP contribution in [0.4, 0.5) is 4.79 Å². The summed E-state index contributed by atoms with van der Waals surface area (Å²) in [7, 11) is 0. The molecule has 3 N–H and O–H groups in total. The standard InChI is InChI=1S/C13H22N2O5/c1-13(2)6-3-7-15(8-13)12(20)14-9(11(18)19)4-5-10(16)17/h9H,3-8H2,1-2H3,(H,14,20)(H,16,17)(H,18,19)/t9-/m0/s1. The van der Waals surface area contributed by atoms with Crippen molar-refractivity contribution in [2.75, 3.05) is 13.1 Å². The first-order valence-electron chi connectivity index (χ1n) is 6.71. The summed E-state index contributed by atoms with van der Waals surface area (Å²) < 4.78 is 0. The zero-order valence-electron chi connectivity index (χ0n) is 11.9. The molecule has 0 aliphatic carbocycles. The number of carboxylic acids is 2. The van der Waals surface area contributed by atoms with Gasteiger partial charge in [-0.25, -0.2) is 9.59 Å². The average molecular weight is 286 g/mol. The van der Waals surface area contributed by atoms with Gasteiger partial charge in [0.15, 0.2) is 0 Å². The van der Waals surface area contributed by atoms with Gasteiger partial charge in [0, 0.05) is 19.5 Å². The third-order valence-corrected chi connectivity index (χ3v) is 3.43. The Hall–Kier alpha value is -1.79. The van der Waals surface area contributed by atoms with E-state index in [-0.39, 0.29) is 18.3 Å². The van der Waals surface area contributed by atoms with Gasteiger partial charge in [-0.2, -0.15) is 0 Å². The fourth-order valence-electron chi connectivity index (χ4n) is 2.36. The van der Waals surface area contributed by atoms with Crippen molar-refractivity contribution in [2.45, 2.75) is 45.6 Å². The summed E-state index contributed by atoms with van der Waals surface area (Å²) in [6.45, 7) is 5.29. The normalized spacial score (nSPS) is 19.2. The van der Waals surface area contributed by atoms with Crippen molar-refractivity contribution >= 4 is 18.0 Å². The molecule has 0 spiro atoms. The van der Waals surface area contributed by atoms with Gasteiger partial charge in [-0.15, -0.1) is 0 Å². The van der Waals surface area contributed by atoms with Crippen LogP contribution in [0.25, 0.3) is 0 Å². The zero-order valence-corrected chi connectivity index (χ0v) is 11.9. The Labute approximate surface area is 117 Å². The highest BCUT2D eigenvalue weighted by Gasteiger charge is 2.31. The molecule has 1 aliphatic heterocycles. The minimum absolute atomic E-state index is 0.0232. The first-order chi connectivity index (χ1) is 9.21. The Morgan fingerprint density at radius 2 is 1.95 bits per heavy atom. The summed E-state index contributed by atoms with van der Waals surface area (Å²) in [5, 5.41) is 20.0. The minimum atomic E-state index is -1.21. The highest BCUT2D eigenvalue weighted by molar-refractivity contribution is 5.83. The molecule has 7 nitrogen and oxygen atoms in total. The summed E-state index contributed by atoms with van der Waals surface area (Å²) in [5.74, 6) is -2.29. The van der Waals surface area contributed by atoms with E-state index < -0.39 is 24.0 Å². The van der Waals surface area contributed by atoms with Crippen LogP contribution in [0.3, 0.4) is 0 Å². The van der Waals surface area contributed by atoms with Crippen molar-refractivity contribution < 1.29 is 24.6 Å². The monoisotopic (exact) mass is 286 g/mol. The molecule has 0 bridgehead atoms. The molecule has 1 atom stereocenters. The largest absolute Gasteiger partial charge is 0.481 e. The lowest BCUT2D eigenvalue weighted by molar-refractivity contribution is -0.140. The maximum absolute atomic E-state index is 12.0. The molecule has 1 heterocycles. The SMILES string of the molecule is CC1(C)CCCN(C(=O)N[C@@H](CCC(=O)O)C(=O)O)C1. The van der Waals surface area contributed by atoms with Gasteiger partial charge in [0.05, 0.1) is 0 Å². The van der Waals surface area contributed by atoms with Crippen LogP contribution < -0.4 is 5.32 Å². The third kappa shape index (κ3) is 5.07. The maximum atomic E-state index is 12.0. The van der Waals surface area contributed by atoms with Crippen LogP contribution in [-0.4, -0.2) is 52.2 Å². The van der Waals surface area contributed by atoms with Crippen LogP contribution in [-0.2, 0) is 9.59 Å². The van der Waals surface area contributed by atoms with E-state index in [2.05, 4.69) is 19.2 Å². The van der Waals surface area contributed by atoms with Gasteiger partial charge in [-0.3, -0.25) is 4.79 Å². The number of nitrogens with zero attached hydrogens (tertiary/aromatic N) is 1. The summed E-state index contributed by atoms with van der Waals surface area (Å²) >= 11 is 0. The number of amides is 2. The summed E-state index contributed by atoms with van der Waals surface area (Å²) in [5.41, 5.74) is 0.0232. The van der Waals surface area contributed by atoms with E-state index in [1.807, 2.05) is 0 Å². The van der Waals surface area contributed by atoms with Gasteiger partial charge >= 0.3 is 18.0 Å². The Morgan fingerprint density at radius 1 is 1.30 bits per heavy atom. The lowest BCUT2D eigenvalue weighted by atomic mass is 9.84. The number of carbonyl (C=O) groups is 3. The molecule has 0 aromatic heterocycles. The molecule has 20 heavy (non-hydrogen) atoms. The number of aliphatic carboxylic acids is 2. The smallest absolute Gasteiger partial charge is 0.326 e. The predicted octanol–water partition coefficient (Wildman–Crippen LogP) is 1.14. The van der Waals surface area contributed by atoms with Gasteiger partial charge in [-0.1, -0.05) is 13.8 Å². The van der Waals surface area contributed by atoms with Gasteiger partial charge in [0.25, 0.3) is 0 Å². The van der Waals surface area contributed by atoms with E-state index in [4.69, 9.17) is 10.2 Å². The summed E-state index contributed by atoms with van der Waals surface area (Å²) in [6.07, 6.45) is 1.50. The van der Waals surface area contributed by atoms with Crippen LogP contribution in [0, 0.1) is 5.41 Å². The van der Waals surface area contributed by atoms with E-state index in [1.54, 1.807) is 4.90 Å². The quantitative estimate of drug-likeness (QED) is 0.702. The van der Waals surface area contributed by atoms with E-state index in [9.17, 15) is 14.4 Å². The molecule has 2 amide bonds. The molecule has 1 rings (SSSR count). The first kappa shape index (κ1) is 16.3. The number of likely N-dealkylation sites (tertiary alicyclic amines) is 1. The number of carboxylic acid groups (broad SMARTS) is 2. The number of urea groups is 1. The van der Waals surface area contributed by atoms with Gasteiger partial charge in [0.2, 0.25) is 0 Å². The van der Waals surface area contributed by atoms with E-state index in [1.165, 1.54) is 0 Å². The molecule has 114 valence electrons. The lowest BCUT2D eigenvalue weighted by Crippen LogP contribution is -2.52. The highest BCUT2D eigenvalue weighted by Crippen LogP contribution is 2.28. The molecule has 0 aromatic carbocycles. The van der Waals surface area contributed by atoms with Crippen LogP contribution in [0.1, 0.15) is 39.5 Å². The first-order valence-corrected chi connectivity index (χ1v) is 6.71. The van der Waals surface area contributed by atoms with Crippen LogP contribution in [0.2, 0.25) is 0 Å². The molecule has 7 heteroatoms. The van der Waals surface area contributed by atoms with Crippen molar-refractivity contribution in [1.29, 1.82) is 0 Å². The number of hydrogen-bond donors (Lipinski definition) is 3. The number of nitrogens with one attached hydrogen (secondary N) is 1. The van der Waals surface area contributed by atoms with Gasteiger partial charge in [-0.05, 0) is 24.7 Å². The molecule has 1 fully saturated rings. The second kappa shape index (κ2) is 6.58. The van der Waals surface area contributed by atoms with Crippen molar-refractivity contribution in [3.63, 3.8) is 0 Å². The summed E-state index contributed by atoms with van der Waals surface area (Å²) in [6, 6.07) is -1.60. The Morgan fingerprint density at radius 3 is 2.45 bits per heavy atom. The number of carbonyl (C=O) groups excluding carboxylic acids is 1. The Kier molecular flexibility index (Phi) is 5.35. The number of hydrogen-bond acceptors (Lipinski definition) is 3. The fourth-order valence-corrected chi connectivity index (χ4v) is 2.36. The second-order valence-corrected chi connectivity index (χ2v) is 5.96. The van der Waals surface area contributed by atoms with Crippen LogP contribution >= 0.6 is 0 Å². The summed E-state index contributed by atoms with van der Waals surface area (Å²) in [4.78, 5) is 35.2. The van der Waals surface area contributed by atoms with Crippen molar-refractivity contribution in [1.82, 2.24) is 10.2 Å². The molecule has 1 aliphatic rings. The zero-order chi connectivity index (χ0) is 15.3. The molecular weight excluding hydrogens is 264 g/mol. The number of rotatable bonds is 5. The van der Waals surface area contributed by atoms with Crippen molar-refractivity contribution in [2.24, 2.45) is 5.41 Å². The molecule has 0 aromatic rings. The van der Waals surface area contributed by atoms with Gasteiger partial charge < -0.3 is 20.4 Å². The minimum Gasteiger partial charge on any atom is -0.481 e. The third-order valence-electron chi connectivity index (χ3n) is 3.43. The van der Waals surface area contributed by atoms with Crippen LogP contribution in [0.15, 0.2) is 0 Å². The highest BCUT2D eigenvalue weighted by atomic mass is 16.4. The Balaban J connectivity index is 2.57. The molecule has 0 unspecified atom stereocenters. The van der Waals surface area contributed by atoms with Crippen LogP contribution in [0.5, 0.6) is 0 Å². The molecular formula is C13H22N2O5. The lowest BCUT2D eigenvalue weighted by Gasteiger charge is -2.38. The fraction of sp³-hybridized carbons (Fsp3) is 0.769. The van der Waals surface area contributed by atoms with Crippen molar-refractivity contribution in [3.05, 3.63) is 0 Å². The topological polar surface area (TPSA) is 107 Å². The van der Waals surface area contributed by atoms with E-state index in [0.717, 1.165) is 12.8 Å². The molecule has 0 saturated carbocycles. The predicted molar refractivity (Wildman–Crippen MR) is 71.4 cm³/mol. The Bertz CT molecular complexity index is 394.